The van der Waals surface area contributed by atoms with E-state index in [1.807, 2.05) is 0 Å². The summed E-state index contributed by atoms with van der Waals surface area (Å²) in [6.07, 6.45) is 1.38. The van der Waals surface area contributed by atoms with Gasteiger partial charge in [-0.25, -0.2) is 8.42 Å². The number of non-ortho nitro benzene ring substituents is 1. The summed E-state index contributed by atoms with van der Waals surface area (Å²) in [5, 5.41) is 13.1. The van der Waals surface area contributed by atoms with E-state index in [-0.39, 0.29) is 35.7 Å². The first-order valence-electron chi connectivity index (χ1n) is 7.45. The minimum Gasteiger partial charge on any atom is -0.494 e. The second kappa shape index (κ2) is 6.02. The minimum absolute atomic E-state index is 0.143. The van der Waals surface area contributed by atoms with Crippen LogP contribution in [-0.2, 0) is 14.8 Å². The molecule has 1 saturated heterocycles. The van der Waals surface area contributed by atoms with Crippen LogP contribution in [0.4, 0.5) is 11.4 Å². The normalized spacial score (nSPS) is 18.7. The Kier molecular flexibility index (Phi) is 4.18. The first kappa shape index (κ1) is 16.7. The molecule has 1 aromatic rings. The molecule has 0 unspecified atom stereocenters. The number of ether oxygens (including phenoxy) is 1. The maximum absolute atomic E-state index is 12.2. The van der Waals surface area contributed by atoms with Gasteiger partial charge in [-0.3, -0.25) is 14.9 Å². The van der Waals surface area contributed by atoms with Crippen LogP contribution < -0.4 is 10.1 Å². The molecule has 1 N–H and O–H groups in total. The van der Waals surface area contributed by atoms with Crippen LogP contribution in [0.5, 0.6) is 5.75 Å². The molecule has 1 aliphatic heterocycles. The van der Waals surface area contributed by atoms with Crippen molar-refractivity contribution in [3.8, 4) is 5.75 Å². The molecule has 1 aromatic carbocycles. The lowest BCUT2D eigenvalue weighted by Crippen LogP contribution is -2.55. The Morgan fingerprint density at radius 2 is 2.04 bits per heavy atom. The second-order valence-electron chi connectivity index (χ2n) is 5.89. The van der Waals surface area contributed by atoms with Gasteiger partial charge in [-0.05, 0) is 18.9 Å². The molecule has 1 heterocycles. The Morgan fingerprint density at radius 1 is 1.38 bits per heavy atom. The monoisotopic (exact) mass is 355 g/mol. The van der Waals surface area contributed by atoms with Crippen LogP contribution >= 0.6 is 0 Å². The van der Waals surface area contributed by atoms with E-state index in [4.69, 9.17) is 4.74 Å². The molecule has 0 radical (unpaired) electrons. The number of nitrogens with zero attached hydrogens (tertiary/aromatic N) is 2. The summed E-state index contributed by atoms with van der Waals surface area (Å²) in [4.78, 5) is 22.4. The third-order valence-electron chi connectivity index (χ3n) is 4.18. The molecule has 10 heteroatoms. The maximum Gasteiger partial charge on any atom is 0.273 e. The first-order valence-corrected chi connectivity index (χ1v) is 8.95. The molecule has 0 bridgehead atoms. The summed E-state index contributed by atoms with van der Waals surface area (Å²) in [5.41, 5.74) is 0.173. The van der Waals surface area contributed by atoms with Crippen LogP contribution in [0.15, 0.2) is 18.2 Å². The van der Waals surface area contributed by atoms with Crippen molar-refractivity contribution < 1.29 is 22.9 Å². The van der Waals surface area contributed by atoms with E-state index >= 15 is 0 Å². The fourth-order valence-electron chi connectivity index (χ4n) is 2.52. The van der Waals surface area contributed by atoms with Crippen molar-refractivity contribution in [2.24, 2.45) is 5.92 Å². The van der Waals surface area contributed by atoms with E-state index in [0.717, 1.165) is 0 Å². The van der Waals surface area contributed by atoms with E-state index in [1.54, 1.807) is 0 Å². The fourth-order valence-corrected chi connectivity index (χ4v) is 4.45. The molecule has 1 aliphatic carbocycles. The highest BCUT2D eigenvalue weighted by Gasteiger charge is 2.47. The van der Waals surface area contributed by atoms with Gasteiger partial charge in [0.15, 0.2) is 0 Å². The molecule has 3 rings (SSSR count). The summed E-state index contributed by atoms with van der Waals surface area (Å²) in [6, 6.07) is 3.88. The lowest BCUT2D eigenvalue weighted by Gasteiger charge is -2.37. The van der Waals surface area contributed by atoms with Crippen LogP contribution in [0.1, 0.15) is 12.8 Å². The molecule has 9 nitrogen and oxygen atoms in total. The number of nitrogens with one attached hydrogen (secondary N) is 1. The highest BCUT2D eigenvalue weighted by molar-refractivity contribution is 7.90. The van der Waals surface area contributed by atoms with Gasteiger partial charge in [0, 0.05) is 19.2 Å². The third kappa shape index (κ3) is 3.06. The molecule has 0 aromatic heterocycles. The number of benzene rings is 1. The lowest BCUT2D eigenvalue weighted by atomic mass is 10.0. The third-order valence-corrected chi connectivity index (χ3v) is 6.51. The topological polar surface area (TPSA) is 119 Å². The smallest absolute Gasteiger partial charge is 0.273 e. The number of sulfonamides is 1. The molecule has 130 valence electrons. The highest BCUT2D eigenvalue weighted by atomic mass is 32.2. The number of nitro groups is 1. The number of hydrogen-bond donors (Lipinski definition) is 1. The summed E-state index contributed by atoms with van der Waals surface area (Å²) < 4.78 is 30.4. The Hall–Kier alpha value is -2.20. The molecule has 1 saturated carbocycles. The van der Waals surface area contributed by atoms with Gasteiger partial charge in [0.25, 0.3) is 5.69 Å². The first-order chi connectivity index (χ1) is 11.3. The summed E-state index contributed by atoms with van der Waals surface area (Å²) in [7, 11) is -1.89. The summed E-state index contributed by atoms with van der Waals surface area (Å²) in [6.45, 7) is 0.333. The zero-order chi connectivity index (χ0) is 17.5. The van der Waals surface area contributed by atoms with Gasteiger partial charge in [-0.1, -0.05) is 0 Å². The van der Waals surface area contributed by atoms with E-state index < -0.39 is 20.9 Å². The van der Waals surface area contributed by atoms with Gasteiger partial charge >= 0.3 is 0 Å². The molecule has 1 amide bonds. The van der Waals surface area contributed by atoms with Crippen LogP contribution in [0.2, 0.25) is 0 Å². The average Bonchev–Trinajstić information content (AvgIpc) is 3.30. The Bertz CT molecular complexity index is 784. The van der Waals surface area contributed by atoms with Crippen LogP contribution in [0.3, 0.4) is 0 Å². The average molecular weight is 355 g/mol. The zero-order valence-corrected chi connectivity index (χ0v) is 13.8. The van der Waals surface area contributed by atoms with Crippen molar-refractivity contribution >= 4 is 27.3 Å². The van der Waals surface area contributed by atoms with Crippen LogP contribution in [0.25, 0.3) is 0 Å². The summed E-state index contributed by atoms with van der Waals surface area (Å²) >= 11 is 0. The van der Waals surface area contributed by atoms with Crippen molar-refractivity contribution in [2.75, 3.05) is 25.5 Å². The number of nitro benzene ring substituents is 1. The summed E-state index contributed by atoms with van der Waals surface area (Å²) in [5.74, 6) is -0.581. The fraction of sp³-hybridized carbons (Fsp3) is 0.500. The SMILES string of the molecule is COc1cc([N+](=O)[O-])ccc1NC(=O)C1CN(S(=O)(=O)C2CC2)C1. The Labute approximate surface area is 138 Å². The van der Waals surface area contributed by atoms with E-state index in [0.29, 0.717) is 18.5 Å². The standard InChI is InChI=1S/C14H17N3O6S/c1-23-13-6-10(17(19)20)2-5-12(13)15-14(18)9-7-16(8-9)24(21,22)11-3-4-11/h2,5-6,9,11H,3-4,7-8H2,1H3,(H,15,18). The largest absolute Gasteiger partial charge is 0.494 e. The number of carbonyl (C=O) groups excluding carboxylic acids is 1. The molecule has 0 spiro atoms. The van der Waals surface area contributed by atoms with Crippen molar-refractivity contribution in [3.63, 3.8) is 0 Å². The van der Waals surface area contributed by atoms with Gasteiger partial charge < -0.3 is 10.1 Å². The van der Waals surface area contributed by atoms with Crippen LogP contribution in [-0.4, -0.2) is 49.0 Å². The minimum atomic E-state index is -3.24. The van der Waals surface area contributed by atoms with Crippen molar-refractivity contribution in [2.45, 2.75) is 18.1 Å². The Morgan fingerprint density at radius 3 is 2.58 bits per heavy atom. The van der Waals surface area contributed by atoms with Crippen molar-refractivity contribution in [3.05, 3.63) is 28.3 Å². The Balaban J connectivity index is 1.63. The van der Waals surface area contributed by atoms with Gasteiger partial charge in [-0.15, -0.1) is 0 Å². The maximum atomic E-state index is 12.2. The predicted molar refractivity (Wildman–Crippen MR) is 85.3 cm³/mol. The number of methoxy groups -OCH3 is 1. The van der Waals surface area contributed by atoms with E-state index in [9.17, 15) is 23.3 Å². The van der Waals surface area contributed by atoms with Crippen molar-refractivity contribution in [1.82, 2.24) is 4.31 Å². The highest BCUT2D eigenvalue weighted by Crippen LogP contribution is 2.35. The van der Waals surface area contributed by atoms with Gasteiger partial charge in [0.05, 0.1) is 35.0 Å². The second-order valence-corrected chi connectivity index (χ2v) is 8.10. The van der Waals surface area contributed by atoms with Crippen LogP contribution in [0, 0.1) is 16.0 Å². The molecule has 2 aliphatic rings. The number of rotatable bonds is 6. The number of amides is 1. The molecular weight excluding hydrogens is 338 g/mol. The van der Waals surface area contributed by atoms with Gasteiger partial charge in [0.2, 0.25) is 15.9 Å². The van der Waals surface area contributed by atoms with E-state index in [1.165, 1.54) is 29.6 Å². The molecule has 0 atom stereocenters. The molecular formula is C14H17N3O6S. The number of carbonyl (C=O) groups is 1. The van der Waals surface area contributed by atoms with Gasteiger partial charge in [-0.2, -0.15) is 4.31 Å². The van der Waals surface area contributed by atoms with E-state index in [2.05, 4.69) is 5.32 Å². The molecule has 24 heavy (non-hydrogen) atoms. The lowest BCUT2D eigenvalue weighted by molar-refractivity contribution is -0.384. The number of hydrogen-bond acceptors (Lipinski definition) is 6. The molecule has 2 fully saturated rings. The van der Waals surface area contributed by atoms with Crippen molar-refractivity contribution in [1.29, 1.82) is 0 Å². The predicted octanol–water partition coefficient (Wildman–Crippen LogP) is 0.966. The quantitative estimate of drug-likeness (QED) is 0.600. The number of anilines is 1. The zero-order valence-electron chi connectivity index (χ0n) is 13.0. The van der Waals surface area contributed by atoms with Gasteiger partial charge in [0.1, 0.15) is 5.75 Å².